The van der Waals surface area contributed by atoms with Gasteiger partial charge in [-0.05, 0) is 182 Å². The maximum Gasteiger partial charge on any atom is 0.164 e. The molecule has 6 heterocycles. The lowest BCUT2D eigenvalue weighted by Gasteiger charge is -2.39. The zero-order valence-electron chi connectivity index (χ0n) is 81.2. The van der Waals surface area contributed by atoms with Crippen molar-refractivity contribution in [3.05, 3.63) is 607 Å². The van der Waals surface area contributed by atoms with Gasteiger partial charge in [0.05, 0.1) is 39.0 Å². The van der Waals surface area contributed by atoms with E-state index in [0.717, 1.165) is 84.2 Å². The molecule has 3 aliphatic carbocycles. The Kier molecular flexibility index (Phi) is 22.3. The number of benzene rings is 21. The van der Waals surface area contributed by atoms with Gasteiger partial charge in [-0.2, -0.15) is 0 Å². The first-order valence-electron chi connectivity index (χ1n) is 50.9. The normalized spacial score (nSPS) is 13.3. The van der Waals surface area contributed by atoms with E-state index < -0.39 is 5.41 Å². The molecule has 702 valence electrons. The molecular formula is C140H89N7S3. The van der Waals surface area contributed by atoms with Crippen molar-refractivity contribution < 1.29 is 0 Å². The van der Waals surface area contributed by atoms with Crippen molar-refractivity contribution in [2.75, 3.05) is 0 Å². The van der Waals surface area contributed by atoms with Gasteiger partial charge < -0.3 is 0 Å². The number of hydrogen-bond acceptors (Lipinski definition) is 10. The topological polar surface area (TPSA) is 90.2 Å². The lowest BCUT2D eigenvalue weighted by molar-refractivity contribution is 0.722. The van der Waals surface area contributed by atoms with E-state index in [2.05, 4.69) is 443 Å². The number of hydrogen-bond donors (Lipinski definition) is 0. The van der Waals surface area contributed by atoms with Crippen molar-refractivity contribution >= 4 is 35.3 Å². The number of rotatable bonds is 12. The van der Waals surface area contributed by atoms with Crippen LogP contribution < -0.4 is 0 Å². The van der Waals surface area contributed by atoms with Crippen LogP contribution in [0.4, 0.5) is 0 Å². The standard InChI is InChI=1S/2C47H30N2S.C46H29N3S/c1-3-14-32(15-4-1)41-30-42(49-46(48-41)34-16-5-2-6-17-34)33-28-26-31(27-29-33)35-19-13-23-40-45(35)36-18-7-8-20-37(36)47(40)38-21-9-11-24-43(38)50-44-25-12-10-22-39(44)47;1-3-14-32(15-4-1)41-30-42(33-16-5-2-6-17-33)49-46(48-41)34-28-26-31(27-29-34)35-19-13-23-40-45(35)36-18-7-8-20-37(36)47(40)38-21-9-11-24-43(38)50-44-25-12-10-22-39(44)47;1-3-14-31(15-4-1)43-47-44(32-16-5-2-6-17-32)49-45(48-43)33-28-26-30(27-29-33)34-19-13-23-39-42(34)35-18-7-8-20-36(35)46(39)37-21-9-11-24-40(37)50-41-25-12-10-22-38(41)46/h2*1-30H;1-29H. The number of nitrogens with zero attached hydrogens (tertiary/aromatic N) is 7. The van der Waals surface area contributed by atoms with Crippen molar-refractivity contribution in [1.29, 1.82) is 0 Å². The van der Waals surface area contributed by atoms with Gasteiger partial charge in [0.25, 0.3) is 0 Å². The van der Waals surface area contributed by atoms with E-state index >= 15 is 0 Å². The molecule has 0 N–H and O–H groups in total. The average molecular weight is 1970 g/mol. The van der Waals surface area contributed by atoms with Gasteiger partial charge in [-0.25, -0.2) is 34.9 Å². The van der Waals surface area contributed by atoms with E-state index in [9.17, 15) is 0 Å². The Morgan fingerprint density at radius 2 is 0.287 bits per heavy atom. The average Bonchev–Trinajstić information content (AvgIpc) is 1.52. The van der Waals surface area contributed by atoms with E-state index in [0.29, 0.717) is 23.3 Å². The molecule has 0 unspecified atom stereocenters. The molecule has 0 saturated carbocycles. The van der Waals surface area contributed by atoms with E-state index in [4.69, 9.17) is 34.9 Å². The largest absolute Gasteiger partial charge is 0.228 e. The fourth-order valence-corrected chi connectivity index (χ4v) is 27.5. The molecule has 0 radical (unpaired) electrons. The minimum Gasteiger partial charge on any atom is -0.228 e. The minimum atomic E-state index is -0.396. The van der Waals surface area contributed by atoms with Crippen LogP contribution >= 0.6 is 35.3 Å². The molecule has 150 heavy (non-hydrogen) atoms. The van der Waals surface area contributed by atoms with Crippen LogP contribution in [0.5, 0.6) is 0 Å². The van der Waals surface area contributed by atoms with Crippen LogP contribution in [0.15, 0.2) is 569 Å². The Morgan fingerprint density at radius 1 is 0.120 bits per heavy atom. The van der Waals surface area contributed by atoms with Gasteiger partial charge in [0, 0.05) is 79.4 Å². The summed E-state index contributed by atoms with van der Waals surface area (Å²) in [6.45, 7) is 0. The van der Waals surface area contributed by atoms with Gasteiger partial charge in [0.15, 0.2) is 29.1 Å². The zero-order chi connectivity index (χ0) is 99.2. The first-order valence-corrected chi connectivity index (χ1v) is 53.3. The predicted octanol–water partition coefficient (Wildman–Crippen LogP) is 35.3. The van der Waals surface area contributed by atoms with Crippen LogP contribution in [-0.4, -0.2) is 34.9 Å². The molecule has 0 saturated heterocycles. The molecule has 10 heteroatoms. The maximum atomic E-state index is 5.08. The first kappa shape index (κ1) is 89.5. The summed E-state index contributed by atoms with van der Waals surface area (Å²) < 4.78 is 0. The summed E-state index contributed by atoms with van der Waals surface area (Å²) in [7, 11) is 0. The van der Waals surface area contributed by atoms with Crippen LogP contribution in [0, 0.1) is 0 Å². The highest BCUT2D eigenvalue weighted by Crippen LogP contribution is 2.68. The Hall–Kier alpha value is -18.2. The monoisotopic (exact) mass is 1960 g/mol. The van der Waals surface area contributed by atoms with Gasteiger partial charge in [-0.15, -0.1) is 0 Å². The Labute approximate surface area is 884 Å². The second kappa shape index (κ2) is 37.4. The van der Waals surface area contributed by atoms with Crippen molar-refractivity contribution in [3.63, 3.8) is 0 Å². The van der Waals surface area contributed by atoms with Crippen molar-refractivity contribution in [2.45, 2.75) is 45.6 Å². The highest BCUT2D eigenvalue weighted by Gasteiger charge is 2.54. The molecule has 0 amide bonds. The molecule has 21 aromatic carbocycles. The van der Waals surface area contributed by atoms with Crippen LogP contribution in [0.1, 0.15) is 66.8 Å². The third-order valence-electron chi connectivity index (χ3n) is 30.4. The molecule has 6 aliphatic rings. The molecule has 0 fully saturated rings. The van der Waals surface area contributed by atoms with Crippen LogP contribution in [0.25, 0.3) is 169 Å². The maximum absolute atomic E-state index is 5.08. The summed E-state index contributed by atoms with van der Waals surface area (Å²) in [6, 6.07) is 194. The summed E-state index contributed by atoms with van der Waals surface area (Å²) in [4.78, 5) is 42.9. The van der Waals surface area contributed by atoms with E-state index in [-0.39, 0.29) is 10.8 Å². The van der Waals surface area contributed by atoms with Crippen LogP contribution in [0.3, 0.4) is 0 Å². The molecule has 7 nitrogen and oxygen atoms in total. The third kappa shape index (κ3) is 14.9. The van der Waals surface area contributed by atoms with E-state index in [1.165, 1.54) is 157 Å². The van der Waals surface area contributed by atoms with Crippen molar-refractivity contribution in [2.24, 2.45) is 0 Å². The molecule has 0 bridgehead atoms. The Bertz CT molecular complexity index is 8230. The molecule has 30 rings (SSSR count). The molecular weight excluding hydrogens is 1880 g/mol. The van der Waals surface area contributed by atoms with Gasteiger partial charge in [0.2, 0.25) is 0 Å². The van der Waals surface area contributed by atoms with Crippen LogP contribution in [-0.2, 0) is 16.2 Å². The summed E-state index contributed by atoms with van der Waals surface area (Å²) in [5.74, 6) is 3.41. The molecule has 0 atom stereocenters. The lowest BCUT2D eigenvalue weighted by Crippen LogP contribution is -2.31. The predicted molar refractivity (Wildman–Crippen MR) is 613 cm³/mol. The van der Waals surface area contributed by atoms with Crippen molar-refractivity contribution in [1.82, 2.24) is 34.9 Å². The SMILES string of the molecule is c1ccc(-c2cc(-c3ccc(-c4cccc5c4-c4ccccc4C54c5ccccc5Sc5ccccc54)cc3)nc(-c3ccccc3)n2)cc1.c1ccc(-c2cc(-c3ccccc3)nc(-c3ccc(-c4cccc5c4-c4ccccc4C54c5ccccc5Sc5ccccc54)cc3)n2)cc1.c1ccc(-c2nc(-c3ccccc3)nc(-c3ccc(-c4cccc5c4-c4ccccc4C54c5ccccc5Sc5ccccc54)cc3)n2)cc1. The lowest BCUT2D eigenvalue weighted by atomic mass is 9.67. The summed E-state index contributed by atoms with van der Waals surface area (Å²) in [5, 5.41) is 0. The van der Waals surface area contributed by atoms with E-state index in [1.54, 1.807) is 0 Å². The molecule has 3 aromatic heterocycles. The summed E-state index contributed by atoms with van der Waals surface area (Å²) in [6.07, 6.45) is 0. The van der Waals surface area contributed by atoms with Gasteiger partial charge in [-0.1, -0.05) is 527 Å². The quantitative estimate of drug-likeness (QED) is 0.118. The van der Waals surface area contributed by atoms with Crippen LogP contribution in [0.2, 0.25) is 0 Å². The fraction of sp³-hybridized carbons (Fsp3) is 0.0214. The molecule has 24 aromatic rings. The Morgan fingerprint density at radius 3 is 0.533 bits per heavy atom. The fourth-order valence-electron chi connectivity index (χ4n) is 23.9. The smallest absolute Gasteiger partial charge is 0.164 e. The minimum absolute atomic E-state index is 0.386. The second-order valence-electron chi connectivity index (χ2n) is 38.5. The molecule has 3 aliphatic heterocycles. The zero-order valence-corrected chi connectivity index (χ0v) is 83.7. The Balaban J connectivity index is 0.000000108. The highest BCUT2D eigenvalue weighted by molar-refractivity contribution is 8.00. The highest BCUT2D eigenvalue weighted by atomic mass is 32.2. The van der Waals surface area contributed by atoms with Gasteiger partial charge >= 0.3 is 0 Å². The summed E-state index contributed by atoms with van der Waals surface area (Å²) in [5.41, 5.74) is 42.8. The third-order valence-corrected chi connectivity index (χ3v) is 33.9. The second-order valence-corrected chi connectivity index (χ2v) is 41.8. The number of aromatic nitrogens is 7. The van der Waals surface area contributed by atoms with E-state index in [1.807, 2.05) is 132 Å². The molecule has 3 spiro atoms. The number of fused-ring (bicyclic) bond motifs is 27. The van der Waals surface area contributed by atoms with Gasteiger partial charge in [-0.3, -0.25) is 0 Å². The summed E-state index contributed by atoms with van der Waals surface area (Å²) >= 11 is 5.64. The van der Waals surface area contributed by atoms with Crippen molar-refractivity contribution in [3.8, 4) is 169 Å². The first-order chi connectivity index (χ1) is 74.4. The van der Waals surface area contributed by atoms with Gasteiger partial charge in [0.1, 0.15) is 0 Å².